The number of halogens is 1. The van der Waals surface area contributed by atoms with Crippen molar-refractivity contribution in [1.29, 1.82) is 0 Å². The molecule has 0 saturated carbocycles. The monoisotopic (exact) mass is 281 g/mol. The maximum atomic E-state index is 12.7. The van der Waals surface area contributed by atoms with Gasteiger partial charge in [0, 0.05) is 12.3 Å². The van der Waals surface area contributed by atoms with Crippen molar-refractivity contribution in [2.45, 2.75) is 10.9 Å². The van der Waals surface area contributed by atoms with Gasteiger partial charge in [-0.3, -0.25) is 0 Å². The Morgan fingerprint density at radius 1 is 1.33 bits per heavy atom. The molecule has 1 N–H and O–H groups in total. The first-order chi connectivity index (χ1) is 8.78. The highest BCUT2D eigenvalue weighted by Crippen LogP contribution is 2.25. The molecule has 2 rings (SSSR count). The molecule has 0 aliphatic rings. The van der Waals surface area contributed by atoms with Crippen molar-refractivity contribution < 1.29 is 4.39 Å². The Morgan fingerprint density at radius 3 is 2.83 bits per heavy atom. The number of anilines is 1. The first kappa shape index (κ1) is 13.0. The first-order valence-corrected chi connectivity index (χ1v) is 7.13. The lowest BCUT2D eigenvalue weighted by Crippen LogP contribution is -1.98. The molecular weight excluding hydrogens is 269 g/mol. The number of rotatable bonds is 6. The van der Waals surface area contributed by atoms with E-state index in [1.54, 1.807) is 23.9 Å². The van der Waals surface area contributed by atoms with Gasteiger partial charge in [0.05, 0.1) is 0 Å². The van der Waals surface area contributed by atoms with Crippen LogP contribution >= 0.6 is 23.1 Å². The van der Waals surface area contributed by atoms with Crippen LogP contribution in [-0.4, -0.2) is 16.0 Å². The van der Waals surface area contributed by atoms with Crippen molar-refractivity contribution in [2.75, 3.05) is 11.1 Å². The van der Waals surface area contributed by atoms with Gasteiger partial charge in [0.1, 0.15) is 5.82 Å². The third-order valence-electron chi connectivity index (χ3n) is 2.09. The van der Waals surface area contributed by atoms with Gasteiger partial charge in [0.15, 0.2) is 4.34 Å². The molecule has 6 heteroatoms. The molecule has 0 radical (unpaired) electrons. The summed E-state index contributed by atoms with van der Waals surface area (Å²) in [4.78, 5) is 0. The van der Waals surface area contributed by atoms with Crippen LogP contribution in [0.4, 0.5) is 9.52 Å². The van der Waals surface area contributed by atoms with E-state index in [9.17, 15) is 4.39 Å². The predicted octanol–water partition coefficient (Wildman–Crippen LogP) is 3.57. The number of benzene rings is 1. The Balaban J connectivity index is 1.87. The van der Waals surface area contributed by atoms with E-state index in [0.717, 1.165) is 20.8 Å². The highest BCUT2D eigenvalue weighted by Gasteiger charge is 2.03. The minimum absolute atomic E-state index is 0.224. The smallest absolute Gasteiger partial charge is 0.206 e. The van der Waals surface area contributed by atoms with Crippen molar-refractivity contribution in [1.82, 2.24) is 10.2 Å². The number of nitrogens with one attached hydrogen (secondary N) is 1. The highest BCUT2D eigenvalue weighted by atomic mass is 32.2. The molecule has 0 saturated heterocycles. The zero-order valence-electron chi connectivity index (χ0n) is 9.60. The summed E-state index contributed by atoms with van der Waals surface area (Å²) in [7, 11) is 0. The number of aromatic nitrogens is 2. The third kappa shape index (κ3) is 3.82. The van der Waals surface area contributed by atoms with E-state index in [4.69, 9.17) is 0 Å². The minimum Gasteiger partial charge on any atom is -0.356 e. The average molecular weight is 281 g/mol. The molecule has 0 aliphatic heterocycles. The summed E-state index contributed by atoms with van der Waals surface area (Å²) in [6.45, 7) is 4.27. The van der Waals surface area contributed by atoms with Crippen LogP contribution in [0.2, 0.25) is 0 Å². The van der Waals surface area contributed by atoms with Crippen LogP contribution in [0.3, 0.4) is 0 Å². The Bertz CT molecular complexity index is 510. The fourth-order valence-corrected chi connectivity index (χ4v) is 2.76. The molecular formula is C12H12FN3S2. The van der Waals surface area contributed by atoms with Crippen molar-refractivity contribution >= 4 is 28.2 Å². The summed E-state index contributed by atoms with van der Waals surface area (Å²) in [5.74, 6) is 0.602. The second-order valence-corrected chi connectivity index (χ2v) is 5.70. The topological polar surface area (TPSA) is 37.8 Å². The molecule has 0 bridgehead atoms. The lowest BCUT2D eigenvalue weighted by Gasteiger charge is -2.01. The number of nitrogens with zero attached hydrogens (tertiary/aromatic N) is 2. The molecule has 0 unspecified atom stereocenters. The van der Waals surface area contributed by atoms with Gasteiger partial charge in [0.25, 0.3) is 0 Å². The molecule has 2 aromatic rings. The Hall–Kier alpha value is -1.40. The second kappa shape index (κ2) is 6.51. The van der Waals surface area contributed by atoms with E-state index in [1.165, 1.54) is 23.5 Å². The molecule has 18 heavy (non-hydrogen) atoms. The fraction of sp³-hybridized carbons (Fsp3) is 0.167. The van der Waals surface area contributed by atoms with E-state index in [2.05, 4.69) is 22.1 Å². The maximum absolute atomic E-state index is 12.7. The molecule has 1 heterocycles. The van der Waals surface area contributed by atoms with Crippen LogP contribution < -0.4 is 5.32 Å². The Kier molecular flexibility index (Phi) is 4.72. The van der Waals surface area contributed by atoms with Gasteiger partial charge in [-0.15, -0.1) is 16.8 Å². The predicted molar refractivity (Wildman–Crippen MR) is 74.6 cm³/mol. The lowest BCUT2D eigenvalue weighted by molar-refractivity contribution is 0.627. The second-order valence-electron chi connectivity index (χ2n) is 3.45. The zero-order chi connectivity index (χ0) is 12.8. The van der Waals surface area contributed by atoms with Crippen LogP contribution in [0.15, 0.2) is 41.3 Å². The van der Waals surface area contributed by atoms with Crippen LogP contribution in [0.5, 0.6) is 0 Å². The molecule has 0 aliphatic carbocycles. The van der Waals surface area contributed by atoms with Gasteiger partial charge >= 0.3 is 0 Å². The van der Waals surface area contributed by atoms with E-state index >= 15 is 0 Å². The maximum Gasteiger partial charge on any atom is 0.206 e. The summed E-state index contributed by atoms with van der Waals surface area (Å²) in [5, 5.41) is 12.0. The van der Waals surface area contributed by atoms with Gasteiger partial charge in [-0.25, -0.2) is 4.39 Å². The summed E-state index contributed by atoms with van der Waals surface area (Å²) < 4.78 is 13.6. The van der Waals surface area contributed by atoms with Gasteiger partial charge in [-0.2, -0.15) is 0 Å². The third-order valence-corrected chi connectivity index (χ3v) is 4.10. The van der Waals surface area contributed by atoms with Crippen LogP contribution in [0, 0.1) is 5.82 Å². The van der Waals surface area contributed by atoms with Crippen LogP contribution in [-0.2, 0) is 6.54 Å². The molecule has 0 atom stereocenters. The SMILES string of the molecule is C=CCSc1nnc(NCc2ccc(F)cc2)s1. The van der Waals surface area contributed by atoms with E-state index < -0.39 is 0 Å². The highest BCUT2D eigenvalue weighted by molar-refractivity contribution is 8.01. The average Bonchev–Trinajstić information content (AvgIpc) is 2.84. The molecule has 1 aromatic carbocycles. The standard InChI is InChI=1S/C12H12FN3S2/c1-2-7-17-12-16-15-11(18-12)14-8-9-3-5-10(13)6-4-9/h2-6H,1,7-8H2,(H,14,15). The molecule has 1 aromatic heterocycles. The largest absolute Gasteiger partial charge is 0.356 e. The molecule has 94 valence electrons. The van der Waals surface area contributed by atoms with Crippen molar-refractivity contribution in [3.05, 3.63) is 48.3 Å². The Morgan fingerprint density at radius 2 is 2.11 bits per heavy atom. The van der Waals surface area contributed by atoms with E-state index in [1.807, 2.05) is 6.08 Å². The summed E-state index contributed by atoms with van der Waals surface area (Å²) in [5.41, 5.74) is 1.01. The summed E-state index contributed by atoms with van der Waals surface area (Å²) in [6, 6.07) is 6.39. The van der Waals surface area contributed by atoms with Gasteiger partial charge in [-0.1, -0.05) is 41.3 Å². The van der Waals surface area contributed by atoms with E-state index in [0.29, 0.717) is 6.54 Å². The molecule has 0 fully saturated rings. The van der Waals surface area contributed by atoms with E-state index in [-0.39, 0.29) is 5.82 Å². The zero-order valence-corrected chi connectivity index (χ0v) is 11.2. The van der Waals surface area contributed by atoms with Gasteiger partial charge in [-0.05, 0) is 17.7 Å². The first-order valence-electron chi connectivity index (χ1n) is 5.33. The molecule has 3 nitrogen and oxygen atoms in total. The van der Waals surface area contributed by atoms with Gasteiger partial charge in [0.2, 0.25) is 5.13 Å². The summed E-state index contributed by atoms with van der Waals surface area (Å²) >= 11 is 3.11. The van der Waals surface area contributed by atoms with Crippen molar-refractivity contribution in [3.8, 4) is 0 Å². The number of thioether (sulfide) groups is 1. The Labute approximate surface area is 113 Å². The van der Waals surface area contributed by atoms with Crippen LogP contribution in [0.25, 0.3) is 0 Å². The van der Waals surface area contributed by atoms with Crippen molar-refractivity contribution in [2.24, 2.45) is 0 Å². The van der Waals surface area contributed by atoms with Crippen molar-refractivity contribution in [3.63, 3.8) is 0 Å². The fourth-order valence-electron chi connectivity index (χ4n) is 1.25. The lowest BCUT2D eigenvalue weighted by atomic mass is 10.2. The number of hydrogen-bond donors (Lipinski definition) is 1. The summed E-state index contributed by atoms with van der Waals surface area (Å²) in [6.07, 6.45) is 1.83. The minimum atomic E-state index is -0.224. The quantitative estimate of drug-likeness (QED) is 0.649. The van der Waals surface area contributed by atoms with Crippen LogP contribution in [0.1, 0.15) is 5.56 Å². The molecule has 0 amide bonds. The number of hydrogen-bond acceptors (Lipinski definition) is 5. The normalized spacial score (nSPS) is 10.3. The van der Waals surface area contributed by atoms with Gasteiger partial charge < -0.3 is 5.32 Å². The molecule has 0 spiro atoms.